The van der Waals surface area contributed by atoms with Gasteiger partial charge in [0.2, 0.25) is 10.0 Å². The second-order valence-electron chi connectivity index (χ2n) is 4.15. The van der Waals surface area contributed by atoms with E-state index in [2.05, 4.69) is 0 Å². The highest BCUT2D eigenvalue weighted by molar-refractivity contribution is 7.89. The van der Waals surface area contributed by atoms with Crippen LogP contribution in [0, 0.1) is 21.4 Å². The fourth-order valence-electron chi connectivity index (χ4n) is 2.03. The van der Waals surface area contributed by atoms with E-state index in [4.69, 9.17) is 5.26 Å². The number of hydrogen-bond donors (Lipinski definition) is 0. The Bertz CT molecular complexity index is 633. The van der Waals surface area contributed by atoms with E-state index in [0.29, 0.717) is 19.4 Å². The summed E-state index contributed by atoms with van der Waals surface area (Å²) in [6.45, 7) is 0.303. The third-order valence-electron chi connectivity index (χ3n) is 3.01. The van der Waals surface area contributed by atoms with Crippen LogP contribution in [-0.2, 0) is 10.0 Å². The number of nitriles is 1. The lowest BCUT2D eigenvalue weighted by molar-refractivity contribution is -0.384. The standard InChI is InChI=1S/C11H11N3O4S/c12-8-10-2-1-7-13(10)19(17,18)11-5-3-9(4-6-11)14(15)16/h3-6,10H,1-2,7H2. The number of nitro benzene ring substituents is 1. The summed E-state index contributed by atoms with van der Waals surface area (Å²) in [6.07, 6.45) is 1.16. The first-order valence-corrected chi connectivity index (χ1v) is 7.07. The van der Waals surface area contributed by atoms with E-state index < -0.39 is 21.0 Å². The predicted octanol–water partition coefficient (Wildman–Crippen LogP) is 1.27. The van der Waals surface area contributed by atoms with Gasteiger partial charge >= 0.3 is 0 Å². The molecule has 0 spiro atoms. The number of rotatable bonds is 3. The highest BCUT2D eigenvalue weighted by atomic mass is 32.2. The van der Waals surface area contributed by atoms with Crippen LogP contribution in [0.4, 0.5) is 5.69 Å². The molecule has 1 fully saturated rings. The van der Waals surface area contributed by atoms with Gasteiger partial charge in [-0.25, -0.2) is 8.42 Å². The zero-order chi connectivity index (χ0) is 14.0. The highest BCUT2D eigenvalue weighted by Crippen LogP contribution is 2.26. The predicted molar refractivity (Wildman–Crippen MR) is 65.6 cm³/mol. The van der Waals surface area contributed by atoms with Crippen molar-refractivity contribution in [2.24, 2.45) is 0 Å². The van der Waals surface area contributed by atoms with Gasteiger partial charge in [0.25, 0.3) is 5.69 Å². The summed E-state index contributed by atoms with van der Waals surface area (Å²) in [5.74, 6) is 0. The van der Waals surface area contributed by atoms with Crippen LogP contribution in [-0.4, -0.2) is 30.2 Å². The molecular formula is C11H11N3O4S. The molecule has 1 aliphatic rings. The monoisotopic (exact) mass is 281 g/mol. The molecular weight excluding hydrogens is 270 g/mol. The Morgan fingerprint density at radius 2 is 2.00 bits per heavy atom. The van der Waals surface area contributed by atoms with Gasteiger partial charge in [-0.05, 0) is 25.0 Å². The average Bonchev–Trinajstić information content (AvgIpc) is 2.87. The van der Waals surface area contributed by atoms with Crippen LogP contribution in [0.25, 0.3) is 0 Å². The molecule has 0 aromatic heterocycles. The van der Waals surface area contributed by atoms with E-state index in [0.717, 1.165) is 16.4 Å². The lowest BCUT2D eigenvalue weighted by Crippen LogP contribution is -2.34. The second-order valence-corrected chi connectivity index (χ2v) is 6.04. The number of sulfonamides is 1. The summed E-state index contributed by atoms with van der Waals surface area (Å²) in [6, 6.07) is 5.98. The van der Waals surface area contributed by atoms with E-state index in [1.807, 2.05) is 6.07 Å². The quantitative estimate of drug-likeness (QED) is 0.613. The highest BCUT2D eigenvalue weighted by Gasteiger charge is 2.35. The molecule has 0 saturated carbocycles. The summed E-state index contributed by atoms with van der Waals surface area (Å²) in [4.78, 5) is 9.90. The average molecular weight is 281 g/mol. The molecule has 1 unspecified atom stereocenters. The molecule has 1 aromatic carbocycles. The number of hydrogen-bond acceptors (Lipinski definition) is 5. The van der Waals surface area contributed by atoms with Crippen molar-refractivity contribution in [3.63, 3.8) is 0 Å². The normalized spacial score (nSPS) is 20.1. The van der Waals surface area contributed by atoms with Gasteiger partial charge in [-0.1, -0.05) is 0 Å². The molecule has 1 atom stereocenters. The van der Waals surface area contributed by atoms with E-state index in [1.165, 1.54) is 12.1 Å². The summed E-state index contributed by atoms with van der Waals surface area (Å²) in [5.41, 5.74) is -0.169. The van der Waals surface area contributed by atoms with E-state index >= 15 is 0 Å². The minimum atomic E-state index is -3.75. The number of nitrogens with zero attached hydrogens (tertiary/aromatic N) is 3. The number of nitro groups is 1. The summed E-state index contributed by atoms with van der Waals surface area (Å²) in [7, 11) is -3.75. The van der Waals surface area contributed by atoms with Crippen LogP contribution >= 0.6 is 0 Å². The summed E-state index contributed by atoms with van der Waals surface area (Å²) in [5, 5.41) is 19.4. The topological polar surface area (TPSA) is 104 Å². The van der Waals surface area contributed by atoms with Crippen molar-refractivity contribution in [1.82, 2.24) is 4.31 Å². The molecule has 0 bridgehead atoms. The first-order chi connectivity index (χ1) is 8.96. The van der Waals surface area contributed by atoms with Crippen molar-refractivity contribution < 1.29 is 13.3 Å². The zero-order valence-electron chi connectivity index (χ0n) is 9.89. The zero-order valence-corrected chi connectivity index (χ0v) is 10.7. The van der Waals surface area contributed by atoms with Crippen LogP contribution in [0.1, 0.15) is 12.8 Å². The van der Waals surface area contributed by atoms with Crippen molar-refractivity contribution in [3.8, 4) is 6.07 Å². The Morgan fingerprint density at radius 3 is 2.53 bits per heavy atom. The summed E-state index contributed by atoms with van der Waals surface area (Å²) < 4.78 is 25.7. The SMILES string of the molecule is N#CC1CCCN1S(=O)(=O)c1ccc([N+](=O)[O-])cc1. The smallest absolute Gasteiger partial charge is 0.258 e. The van der Waals surface area contributed by atoms with Crippen molar-refractivity contribution >= 4 is 15.7 Å². The minimum Gasteiger partial charge on any atom is -0.258 e. The molecule has 0 N–H and O–H groups in total. The van der Waals surface area contributed by atoms with E-state index in [1.54, 1.807) is 0 Å². The van der Waals surface area contributed by atoms with Gasteiger partial charge in [0, 0.05) is 18.7 Å². The first-order valence-electron chi connectivity index (χ1n) is 5.63. The lowest BCUT2D eigenvalue weighted by atomic mass is 10.2. The van der Waals surface area contributed by atoms with Gasteiger partial charge in [-0.3, -0.25) is 10.1 Å². The van der Waals surface area contributed by atoms with Gasteiger partial charge in [0.05, 0.1) is 15.9 Å². The Labute approximate surface area is 110 Å². The maximum Gasteiger partial charge on any atom is 0.269 e. The Morgan fingerprint density at radius 1 is 1.37 bits per heavy atom. The van der Waals surface area contributed by atoms with Gasteiger partial charge in [-0.15, -0.1) is 0 Å². The molecule has 1 saturated heterocycles. The fourth-order valence-corrected chi connectivity index (χ4v) is 3.64. The molecule has 1 aliphatic heterocycles. The molecule has 0 amide bonds. The lowest BCUT2D eigenvalue weighted by Gasteiger charge is -2.18. The molecule has 0 radical (unpaired) electrons. The van der Waals surface area contributed by atoms with Crippen LogP contribution < -0.4 is 0 Å². The van der Waals surface area contributed by atoms with Gasteiger partial charge < -0.3 is 0 Å². The molecule has 100 valence electrons. The molecule has 0 aliphatic carbocycles. The fraction of sp³-hybridized carbons (Fsp3) is 0.364. The summed E-state index contributed by atoms with van der Waals surface area (Å²) >= 11 is 0. The number of non-ortho nitro benzene ring substituents is 1. The van der Waals surface area contributed by atoms with Crippen molar-refractivity contribution in [3.05, 3.63) is 34.4 Å². The Balaban J connectivity index is 2.35. The molecule has 19 heavy (non-hydrogen) atoms. The van der Waals surface area contributed by atoms with Crippen molar-refractivity contribution in [1.29, 1.82) is 5.26 Å². The maximum atomic E-state index is 12.3. The van der Waals surface area contributed by atoms with Gasteiger partial charge in [-0.2, -0.15) is 9.57 Å². The van der Waals surface area contributed by atoms with E-state index in [-0.39, 0.29) is 10.6 Å². The first kappa shape index (κ1) is 13.5. The third kappa shape index (κ3) is 2.43. The Kier molecular flexibility index (Phi) is 3.50. The van der Waals surface area contributed by atoms with Crippen molar-refractivity contribution in [2.75, 3.05) is 6.54 Å². The molecule has 1 aromatic rings. The van der Waals surface area contributed by atoms with E-state index in [9.17, 15) is 18.5 Å². The van der Waals surface area contributed by atoms with Gasteiger partial charge in [0.15, 0.2) is 0 Å². The minimum absolute atomic E-state index is 0.0275. The second kappa shape index (κ2) is 4.95. The van der Waals surface area contributed by atoms with Crippen LogP contribution in [0.2, 0.25) is 0 Å². The third-order valence-corrected chi connectivity index (χ3v) is 4.93. The molecule has 2 rings (SSSR count). The van der Waals surface area contributed by atoms with Crippen LogP contribution in [0.15, 0.2) is 29.2 Å². The largest absolute Gasteiger partial charge is 0.269 e. The molecule has 8 heteroatoms. The van der Waals surface area contributed by atoms with Crippen LogP contribution in [0.5, 0.6) is 0 Å². The maximum absolute atomic E-state index is 12.3. The number of benzene rings is 1. The van der Waals surface area contributed by atoms with Crippen LogP contribution in [0.3, 0.4) is 0 Å². The molecule has 7 nitrogen and oxygen atoms in total. The van der Waals surface area contributed by atoms with Gasteiger partial charge in [0.1, 0.15) is 6.04 Å². The van der Waals surface area contributed by atoms with Crippen molar-refractivity contribution in [2.45, 2.75) is 23.8 Å². The molecule has 1 heterocycles. The Hall–Kier alpha value is -1.98.